The SMILES string of the molecule is CC(=O)N1CCOc2c(C(C)n3nc(C)c4c(N)cncc43)cc(Cl)c(C)c2C1. The number of halogens is 1. The maximum atomic E-state index is 12.0. The number of carbonyl (C=O) groups is 1. The van der Waals surface area contributed by atoms with Crippen molar-refractivity contribution in [1.29, 1.82) is 0 Å². The number of aryl methyl sites for hydroxylation is 1. The van der Waals surface area contributed by atoms with Crippen LogP contribution in [0.1, 0.15) is 42.3 Å². The van der Waals surface area contributed by atoms with Gasteiger partial charge < -0.3 is 15.4 Å². The first-order valence-corrected chi connectivity index (χ1v) is 9.95. The predicted molar refractivity (Wildman–Crippen MR) is 113 cm³/mol. The number of hydrogen-bond donors (Lipinski definition) is 1. The summed E-state index contributed by atoms with van der Waals surface area (Å²) in [5, 5.41) is 6.27. The van der Waals surface area contributed by atoms with E-state index in [1.807, 2.05) is 31.5 Å². The monoisotopic (exact) mass is 413 g/mol. The molecule has 0 radical (unpaired) electrons. The van der Waals surface area contributed by atoms with Crippen molar-refractivity contribution in [3.63, 3.8) is 0 Å². The lowest BCUT2D eigenvalue weighted by atomic mass is 9.98. The molecule has 4 rings (SSSR count). The van der Waals surface area contributed by atoms with Crippen LogP contribution < -0.4 is 10.5 Å². The molecule has 1 aliphatic rings. The number of benzene rings is 1. The minimum absolute atomic E-state index is 0.0191. The molecule has 1 amide bonds. The van der Waals surface area contributed by atoms with Gasteiger partial charge in [0.05, 0.1) is 41.9 Å². The van der Waals surface area contributed by atoms with E-state index in [0.717, 1.165) is 39.0 Å². The van der Waals surface area contributed by atoms with Gasteiger partial charge in [0.15, 0.2) is 0 Å². The van der Waals surface area contributed by atoms with Crippen molar-refractivity contribution in [1.82, 2.24) is 19.7 Å². The Kier molecular flexibility index (Phi) is 4.86. The molecule has 29 heavy (non-hydrogen) atoms. The number of pyridine rings is 1. The molecule has 0 fully saturated rings. The molecule has 0 saturated heterocycles. The average Bonchev–Trinajstić information content (AvgIpc) is 2.87. The third-order valence-electron chi connectivity index (χ3n) is 5.67. The number of amides is 1. The van der Waals surface area contributed by atoms with Crippen LogP contribution in [0.25, 0.3) is 10.9 Å². The summed E-state index contributed by atoms with van der Waals surface area (Å²) in [6, 6.07) is 1.78. The van der Waals surface area contributed by atoms with Gasteiger partial charge in [-0.15, -0.1) is 0 Å². The highest BCUT2D eigenvalue weighted by atomic mass is 35.5. The number of nitrogens with two attached hydrogens (primary N) is 1. The third kappa shape index (κ3) is 3.19. The Bertz CT molecular complexity index is 1120. The zero-order chi connectivity index (χ0) is 20.9. The van der Waals surface area contributed by atoms with Crippen LogP contribution in [0.15, 0.2) is 18.5 Å². The summed E-state index contributed by atoms with van der Waals surface area (Å²) in [7, 11) is 0. The Morgan fingerprint density at radius 2 is 2.10 bits per heavy atom. The molecule has 152 valence electrons. The van der Waals surface area contributed by atoms with Crippen LogP contribution in [0, 0.1) is 13.8 Å². The molecule has 3 aromatic rings. The lowest BCUT2D eigenvalue weighted by Gasteiger charge is -2.22. The second-order valence-corrected chi connectivity index (χ2v) is 7.91. The molecule has 7 nitrogen and oxygen atoms in total. The number of fused-ring (bicyclic) bond motifs is 2. The molecular formula is C21H24ClN5O2. The lowest BCUT2D eigenvalue weighted by molar-refractivity contribution is -0.129. The minimum Gasteiger partial charge on any atom is -0.491 e. The highest BCUT2D eigenvalue weighted by molar-refractivity contribution is 6.31. The minimum atomic E-state index is -0.162. The number of nitrogen functional groups attached to an aromatic ring is 1. The zero-order valence-electron chi connectivity index (χ0n) is 17.0. The Hall–Kier alpha value is -2.80. The Morgan fingerprint density at radius 1 is 1.34 bits per heavy atom. The average molecular weight is 414 g/mol. The molecule has 2 N–H and O–H groups in total. The van der Waals surface area contributed by atoms with E-state index in [1.165, 1.54) is 0 Å². The van der Waals surface area contributed by atoms with E-state index < -0.39 is 0 Å². The fraction of sp³-hybridized carbons (Fsp3) is 0.381. The van der Waals surface area contributed by atoms with E-state index >= 15 is 0 Å². The van der Waals surface area contributed by atoms with Gasteiger partial charge in [0.1, 0.15) is 12.4 Å². The van der Waals surface area contributed by atoms with Crippen molar-refractivity contribution >= 4 is 34.1 Å². The number of carbonyl (C=O) groups excluding carboxylic acids is 1. The summed E-state index contributed by atoms with van der Waals surface area (Å²) in [6.07, 6.45) is 3.41. The smallest absolute Gasteiger partial charge is 0.219 e. The Labute approximate surface area is 174 Å². The van der Waals surface area contributed by atoms with E-state index in [-0.39, 0.29) is 11.9 Å². The van der Waals surface area contributed by atoms with Crippen LogP contribution in [-0.4, -0.2) is 38.7 Å². The zero-order valence-corrected chi connectivity index (χ0v) is 17.7. The van der Waals surface area contributed by atoms with Crippen molar-refractivity contribution < 1.29 is 9.53 Å². The summed E-state index contributed by atoms with van der Waals surface area (Å²) in [5.74, 6) is 0.798. The summed E-state index contributed by atoms with van der Waals surface area (Å²) < 4.78 is 8.06. The molecule has 8 heteroatoms. The third-order valence-corrected chi connectivity index (χ3v) is 6.06. The van der Waals surface area contributed by atoms with Crippen molar-refractivity contribution in [3.05, 3.63) is 45.9 Å². The quantitative estimate of drug-likeness (QED) is 0.693. The molecule has 2 aromatic heterocycles. The van der Waals surface area contributed by atoms with E-state index in [1.54, 1.807) is 24.2 Å². The standard InChI is InChI=1S/C21H24ClN5O2/c1-11-16-10-26(14(4)28)5-6-29-21(16)15(7-17(11)22)13(3)27-19-9-24-8-18(23)20(19)12(2)25-27/h7-9,13H,5-6,10,23H2,1-4H3. The molecular weight excluding hydrogens is 390 g/mol. The highest BCUT2D eigenvalue weighted by Gasteiger charge is 2.27. The van der Waals surface area contributed by atoms with Crippen LogP contribution in [0.5, 0.6) is 5.75 Å². The van der Waals surface area contributed by atoms with Gasteiger partial charge >= 0.3 is 0 Å². The molecule has 0 saturated carbocycles. The van der Waals surface area contributed by atoms with E-state index in [4.69, 9.17) is 27.2 Å². The second-order valence-electron chi connectivity index (χ2n) is 7.50. The largest absolute Gasteiger partial charge is 0.491 e. The number of nitrogens with zero attached hydrogens (tertiary/aromatic N) is 4. The van der Waals surface area contributed by atoms with Crippen LogP contribution in [0.2, 0.25) is 5.02 Å². The summed E-state index contributed by atoms with van der Waals surface area (Å²) in [4.78, 5) is 18.0. The number of anilines is 1. The van der Waals surface area contributed by atoms with Crippen molar-refractivity contribution in [2.75, 3.05) is 18.9 Å². The van der Waals surface area contributed by atoms with Gasteiger partial charge in [-0.05, 0) is 32.4 Å². The molecule has 1 unspecified atom stereocenters. The second kappa shape index (κ2) is 7.22. The van der Waals surface area contributed by atoms with Crippen LogP contribution >= 0.6 is 11.6 Å². The Balaban J connectivity index is 1.89. The number of rotatable bonds is 2. The van der Waals surface area contributed by atoms with Crippen molar-refractivity contribution in [2.24, 2.45) is 0 Å². The topological polar surface area (TPSA) is 86.3 Å². The fourth-order valence-corrected chi connectivity index (χ4v) is 4.22. The van der Waals surface area contributed by atoms with Gasteiger partial charge in [-0.2, -0.15) is 5.10 Å². The van der Waals surface area contributed by atoms with Gasteiger partial charge in [0.2, 0.25) is 5.91 Å². The van der Waals surface area contributed by atoms with E-state index in [2.05, 4.69) is 4.98 Å². The molecule has 0 spiro atoms. The van der Waals surface area contributed by atoms with Crippen LogP contribution in [0.4, 0.5) is 5.69 Å². The molecule has 0 aliphatic carbocycles. The first kappa shape index (κ1) is 19.5. The summed E-state index contributed by atoms with van der Waals surface area (Å²) >= 11 is 6.59. The van der Waals surface area contributed by atoms with Crippen LogP contribution in [0.3, 0.4) is 0 Å². The van der Waals surface area contributed by atoms with Crippen molar-refractivity contribution in [3.8, 4) is 5.75 Å². The molecule has 1 atom stereocenters. The van der Waals surface area contributed by atoms with Gasteiger partial charge in [-0.1, -0.05) is 11.6 Å². The van der Waals surface area contributed by atoms with Gasteiger partial charge in [-0.3, -0.25) is 14.5 Å². The van der Waals surface area contributed by atoms with E-state index in [0.29, 0.717) is 30.4 Å². The molecule has 0 bridgehead atoms. The van der Waals surface area contributed by atoms with Crippen LogP contribution in [-0.2, 0) is 11.3 Å². The summed E-state index contributed by atoms with van der Waals surface area (Å²) in [5.41, 5.74) is 11.2. The van der Waals surface area contributed by atoms with Gasteiger partial charge in [0, 0.05) is 35.0 Å². The first-order chi connectivity index (χ1) is 13.8. The van der Waals surface area contributed by atoms with Gasteiger partial charge in [-0.25, -0.2) is 0 Å². The van der Waals surface area contributed by atoms with E-state index in [9.17, 15) is 4.79 Å². The molecule has 1 aliphatic heterocycles. The summed E-state index contributed by atoms with van der Waals surface area (Å²) in [6.45, 7) is 8.97. The Morgan fingerprint density at radius 3 is 2.83 bits per heavy atom. The van der Waals surface area contributed by atoms with Crippen molar-refractivity contribution in [2.45, 2.75) is 40.3 Å². The fourth-order valence-electron chi connectivity index (χ4n) is 3.99. The predicted octanol–water partition coefficient (Wildman–Crippen LogP) is 3.63. The highest BCUT2D eigenvalue weighted by Crippen LogP contribution is 2.40. The maximum Gasteiger partial charge on any atom is 0.219 e. The first-order valence-electron chi connectivity index (χ1n) is 9.58. The normalized spacial score (nSPS) is 15.0. The number of ether oxygens (including phenoxy) is 1. The lowest BCUT2D eigenvalue weighted by Crippen LogP contribution is -2.30. The van der Waals surface area contributed by atoms with Gasteiger partial charge in [0.25, 0.3) is 0 Å². The molecule has 1 aromatic carbocycles. The molecule has 3 heterocycles. The number of aromatic nitrogens is 3. The number of hydrogen-bond acceptors (Lipinski definition) is 5. The maximum absolute atomic E-state index is 12.0.